The van der Waals surface area contributed by atoms with E-state index in [1.54, 1.807) is 0 Å². The molecule has 0 saturated carbocycles. The minimum Gasteiger partial charge on any atom is -0.491 e. The van der Waals surface area contributed by atoms with Gasteiger partial charge in [0.1, 0.15) is 5.75 Å². The fourth-order valence-corrected chi connectivity index (χ4v) is 1.62. The zero-order valence-corrected chi connectivity index (χ0v) is 12.6. The Kier molecular flexibility index (Phi) is 4.81. The minimum atomic E-state index is -0.250. The van der Waals surface area contributed by atoms with Gasteiger partial charge in [-0.05, 0) is 65.3 Å². The summed E-state index contributed by atoms with van der Waals surface area (Å²) < 4.78 is 5.66. The molecule has 0 spiro atoms. The third-order valence-corrected chi connectivity index (χ3v) is 2.28. The van der Waals surface area contributed by atoms with Crippen molar-refractivity contribution in [1.29, 1.82) is 0 Å². The number of ether oxygens (including phenoxy) is 1. The van der Waals surface area contributed by atoms with E-state index in [0.29, 0.717) is 0 Å². The van der Waals surface area contributed by atoms with Gasteiger partial charge in [0.05, 0.1) is 6.10 Å². The Balaban J connectivity index is 2.71. The van der Waals surface area contributed by atoms with Crippen molar-refractivity contribution >= 4 is 11.7 Å². The summed E-state index contributed by atoms with van der Waals surface area (Å²) in [5, 5.41) is 5.67. The molecule has 4 nitrogen and oxygen atoms in total. The second-order valence-corrected chi connectivity index (χ2v) is 5.98. The SMILES string of the molecule is Cc1cc(NC(=O)NC(C)(C)C)ccc1OC(C)C. The van der Waals surface area contributed by atoms with Crippen molar-refractivity contribution in [1.82, 2.24) is 5.32 Å². The highest BCUT2D eigenvalue weighted by molar-refractivity contribution is 5.89. The lowest BCUT2D eigenvalue weighted by molar-refractivity contribution is 0.240. The number of nitrogens with one attached hydrogen (secondary N) is 2. The topological polar surface area (TPSA) is 50.4 Å². The molecule has 1 rings (SSSR count). The molecule has 1 aromatic rings. The third-order valence-electron chi connectivity index (χ3n) is 2.28. The Morgan fingerprint density at radius 2 is 1.89 bits per heavy atom. The molecule has 0 aromatic heterocycles. The van der Waals surface area contributed by atoms with E-state index in [-0.39, 0.29) is 17.7 Å². The number of rotatable bonds is 3. The Bertz CT molecular complexity index is 448. The highest BCUT2D eigenvalue weighted by Crippen LogP contribution is 2.23. The molecule has 19 heavy (non-hydrogen) atoms. The van der Waals surface area contributed by atoms with Gasteiger partial charge in [-0.15, -0.1) is 0 Å². The van der Waals surface area contributed by atoms with Crippen LogP contribution in [0.25, 0.3) is 0 Å². The summed E-state index contributed by atoms with van der Waals surface area (Å²) >= 11 is 0. The van der Waals surface area contributed by atoms with Gasteiger partial charge >= 0.3 is 6.03 Å². The molecule has 0 atom stereocenters. The number of urea groups is 1. The predicted octanol–water partition coefficient (Wildman–Crippen LogP) is 3.70. The number of carbonyl (C=O) groups excluding carboxylic acids is 1. The quantitative estimate of drug-likeness (QED) is 0.874. The summed E-state index contributed by atoms with van der Waals surface area (Å²) in [6.45, 7) is 11.8. The van der Waals surface area contributed by atoms with Crippen molar-refractivity contribution in [3.05, 3.63) is 23.8 Å². The number of hydrogen-bond donors (Lipinski definition) is 2. The minimum absolute atomic E-state index is 0.140. The Hall–Kier alpha value is -1.71. The lowest BCUT2D eigenvalue weighted by Gasteiger charge is -2.21. The molecule has 0 aliphatic rings. The Morgan fingerprint density at radius 1 is 1.26 bits per heavy atom. The second kappa shape index (κ2) is 5.95. The van der Waals surface area contributed by atoms with E-state index in [4.69, 9.17) is 4.74 Å². The maximum Gasteiger partial charge on any atom is 0.319 e. The van der Waals surface area contributed by atoms with Gasteiger partial charge in [0.25, 0.3) is 0 Å². The molecule has 0 aliphatic carbocycles. The number of hydrogen-bond acceptors (Lipinski definition) is 2. The van der Waals surface area contributed by atoms with Crippen LogP contribution in [-0.2, 0) is 0 Å². The van der Waals surface area contributed by atoms with Crippen LogP contribution in [0.15, 0.2) is 18.2 Å². The number of anilines is 1. The zero-order chi connectivity index (χ0) is 14.6. The number of amides is 2. The van der Waals surface area contributed by atoms with Crippen molar-refractivity contribution in [3.63, 3.8) is 0 Å². The van der Waals surface area contributed by atoms with Crippen LogP contribution in [0, 0.1) is 6.92 Å². The average Bonchev–Trinajstić information content (AvgIpc) is 2.18. The second-order valence-electron chi connectivity index (χ2n) is 5.98. The molecule has 0 aliphatic heterocycles. The normalized spacial score (nSPS) is 11.3. The molecule has 4 heteroatoms. The summed E-state index contributed by atoms with van der Waals surface area (Å²) in [5.74, 6) is 0.844. The van der Waals surface area contributed by atoms with E-state index in [9.17, 15) is 4.79 Å². The highest BCUT2D eigenvalue weighted by atomic mass is 16.5. The number of benzene rings is 1. The molecule has 0 radical (unpaired) electrons. The van der Waals surface area contributed by atoms with Crippen LogP contribution in [0.5, 0.6) is 5.75 Å². The van der Waals surface area contributed by atoms with E-state index in [0.717, 1.165) is 17.0 Å². The number of aryl methyl sites for hydroxylation is 1. The molecule has 0 bridgehead atoms. The van der Waals surface area contributed by atoms with Crippen LogP contribution >= 0.6 is 0 Å². The first-order valence-corrected chi connectivity index (χ1v) is 6.54. The standard InChI is InChI=1S/C15H24N2O2/c1-10(2)19-13-8-7-12(9-11(13)3)16-14(18)17-15(4,5)6/h7-10H,1-6H3,(H2,16,17,18). The third kappa shape index (κ3) is 5.64. The van der Waals surface area contributed by atoms with Crippen molar-refractivity contribution in [2.45, 2.75) is 53.2 Å². The monoisotopic (exact) mass is 264 g/mol. The van der Waals surface area contributed by atoms with Crippen LogP contribution < -0.4 is 15.4 Å². The van der Waals surface area contributed by atoms with E-state index in [1.807, 2.05) is 59.7 Å². The van der Waals surface area contributed by atoms with Gasteiger partial charge in [-0.2, -0.15) is 0 Å². The van der Waals surface area contributed by atoms with Crippen molar-refractivity contribution in [2.75, 3.05) is 5.32 Å². The number of carbonyl (C=O) groups is 1. The molecule has 2 N–H and O–H groups in total. The first kappa shape index (κ1) is 15.3. The largest absolute Gasteiger partial charge is 0.491 e. The predicted molar refractivity (Wildman–Crippen MR) is 78.9 cm³/mol. The first-order valence-electron chi connectivity index (χ1n) is 6.54. The smallest absolute Gasteiger partial charge is 0.319 e. The molecule has 2 amide bonds. The van der Waals surface area contributed by atoms with Gasteiger partial charge in [0.15, 0.2) is 0 Å². The summed E-state index contributed by atoms with van der Waals surface area (Å²) in [5.41, 5.74) is 1.51. The summed E-state index contributed by atoms with van der Waals surface area (Å²) in [6, 6.07) is 5.42. The van der Waals surface area contributed by atoms with Crippen LogP contribution in [0.2, 0.25) is 0 Å². The lowest BCUT2D eigenvalue weighted by Crippen LogP contribution is -2.43. The molecule has 0 heterocycles. The Morgan fingerprint density at radius 3 is 2.37 bits per heavy atom. The van der Waals surface area contributed by atoms with Crippen LogP contribution in [0.1, 0.15) is 40.2 Å². The van der Waals surface area contributed by atoms with Crippen molar-refractivity contribution < 1.29 is 9.53 Å². The summed E-state index contributed by atoms with van der Waals surface area (Å²) in [6.07, 6.45) is 0.140. The fraction of sp³-hybridized carbons (Fsp3) is 0.533. The van der Waals surface area contributed by atoms with E-state index >= 15 is 0 Å². The Labute approximate surface area is 115 Å². The zero-order valence-electron chi connectivity index (χ0n) is 12.6. The van der Waals surface area contributed by atoms with Gasteiger partial charge in [-0.3, -0.25) is 0 Å². The van der Waals surface area contributed by atoms with E-state index in [2.05, 4.69) is 10.6 Å². The molecule has 0 unspecified atom stereocenters. The fourth-order valence-electron chi connectivity index (χ4n) is 1.62. The van der Waals surface area contributed by atoms with E-state index < -0.39 is 0 Å². The lowest BCUT2D eigenvalue weighted by atomic mass is 10.1. The van der Waals surface area contributed by atoms with E-state index in [1.165, 1.54) is 0 Å². The molecular weight excluding hydrogens is 240 g/mol. The van der Waals surface area contributed by atoms with Gasteiger partial charge in [0, 0.05) is 11.2 Å². The molecule has 106 valence electrons. The van der Waals surface area contributed by atoms with Crippen LogP contribution in [-0.4, -0.2) is 17.7 Å². The van der Waals surface area contributed by atoms with Crippen molar-refractivity contribution in [3.8, 4) is 5.75 Å². The van der Waals surface area contributed by atoms with Crippen LogP contribution in [0.3, 0.4) is 0 Å². The summed E-state index contributed by atoms with van der Waals surface area (Å²) in [7, 11) is 0. The van der Waals surface area contributed by atoms with Gasteiger partial charge in [0.2, 0.25) is 0 Å². The van der Waals surface area contributed by atoms with Crippen LogP contribution in [0.4, 0.5) is 10.5 Å². The highest BCUT2D eigenvalue weighted by Gasteiger charge is 2.13. The first-order chi connectivity index (χ1) is 8.67. The molecular formula is C15H24N2O2. The molecule has 1 aromatic carbocycles. The maximum absolute atomic E-state index is 11.7. The van der Waals surface area contributed by atoms with Gasteiger partial charge < -0.3 is 15.4 Å². The molecule has 0 saturated heterocycles. The van der Waals surface area contributed by atoms with Gasteiger partial charge in [-0.25, -0.2) is 4.79 Å². The summed E-state index contributed by atoms with van der Waals surface area (Å²) in [4.78, 5) is 11.7. The maximum atomic E-state index is 11.7. The average molecular weight is 264 g/mol. The van der Waals surface area contributed by atoms with Crippen molar-refractivity contribution in [2.24, 2.45) is 0 Å². The van der Waals surface area contributed by atoms with Gasteiger partial charge in [-0.1, -0.05) is 0 Å². The molecule has 0 fully saturated rings.